The maximum atomic E-state index is 13.0. The molecule has 0 bridgehead atoms. The fraction of sp³-hybridized carbons (Fsp3) is 0.250. The Balaban J connectivity index is 2.13. The van der Waals surface area contributed by atoms with E-state index in [1.807, 2.05) is 13.1 Å². The van der Waals surface area contributed by atoms with Crippen molar-refractivity contribution in [3.8, 4) is 0 Å². The van der Waals surface area contributed by atoms with E-state index in [0.29, 0.717) is 6.42 Å². The molecule has 3 nitrogen and oxygen atoms in total. The lowest BCUT2D eigenvalue weighted by molar-refractivity contribution is 0.559. The second kappa shape index (κ2) is 4.90. The van der Waals surface area contributed by atoms with Crippen LogP contribution >= 0.6 is 0 Å². The number of imidazole rings is 1. The number of aromatic amines is 1. The van der Waals surface area contributed by atoms with Crippen molar-refractivity contribution in [2.45, 2.75) is 12.5 Å². The lowest BCUT2D eigenvalue weighted by atomic mass is 10.1. The SMILES string of the molecule is CNC(Cc1cccc(F)c1)c1ncc[nH]1. The van der Waals surface area contributed by atoms with Gasteiger partial charge in [-0.05, 0) is 31.2 Å². The Bertz CT molecular complexity index is 439. The van der Waals surface area contributed by atoms with Crippen LogP contribution in [0.15, 0.2) is 36.7 Å². The molecular formula is C12H14FN3. The van der Waals surface area contributed by atoms with Crippen LogP contribution in [0.4, 0.5) is 4.39 Å². The van der Waals surface area contributed by atoms with E-state index in [1.54, 1.807) is 24.5 Å². The van der Waals surface area contributed by atoms with E-state index in [2.05, 4.69) is 15.3 Å². The summed E-state index contributed by atoms with van der Waals surface area (Å²) in [5, 5.41) is 3.16. The van der Waals surface area contributed by atoms with Crippen LogP contribution in [0, 0.1) is 5.82 Å². The fourth-order valence-corrected chi connectivity index (χ4v) is 1.70. The molecule has 1 heterocycles. The molecule has 4 heteroatoms. The first-order chi connectivity index (χ1) is 7.79. The number of nitrogens with zero attached hydrogens (tertiary/aromatic N) is 1. The van der Waals surface area contributed by atoms with Gasteiger partial charge in [0.25, 0.3) is 0 Å². The standard InChI is InChI=1S/C12H14FN3/c1-14-11(12-15-5-6-16-12)8-9-3-2-4-10(13)7-9/h2-7,11,14H,8H2,1H3,(H,15,16). The highest BCUT2D eigenvalue weighted by Crippen LogP contribution is 2.15. The molecule has 0 aliphatic rings. The molecular weight excluding hydrogens is 205 g/mol. The molecule has 2 N–H and O–H groups in total. The Morgan fingerprint density at radius 3 is 3.00 bits per heavy atom. The van der Waals surface area contributed by atoms with Crippen LogP contribution in [-0.4, -0.2) is 17.0 Å². The molecule has 0 fully saturated rings. The van der Waals surface area contributed by atoms with Gasteiger partial charge < -0.3 is 10.3 Å². The third-order valence-electron chi connectivity index (χ3n) is 2.53. The Hall–Kier alpha value is -1.68. The number of rotatable bonds is 4. The van der Waals surface area contributed by atoms with Crippen LogP contribution in [0.25, 0.3) is 0 Å². The summed E-state index contributed by atoms with van der Waals surface area (Å²) in [6.07, 6.45) is 4.21. The van der Waals surface area contributed by atoms with Crippen molar-refractivity contribution in [1.82, 2.24) is 15.3 Å². The van der Waals surface area contributed by atoms with Gasteiger partial charge in [0, 0.05) is 12.4 Å². The highest BCUT2D eigenvalue weighted by atomic mass is 19.1. The van der Waals surface area contributed by atoms with E-state index >= 15 is 0 Å². The molecule has 0 spiro atoms. The Morgan fingerprint density at radius 1 is 1.50 bits per heavy atom. The summed E-state index contributed by atoms with van der Waals surface area (Å²) in [5.74, 6) is 0.665. The number of H-pyrrole nitrogens is 1. The summed E-state index contributed by atoms with van der Waals surface area (Å²) in [5.41, 5.74) is 0.954. The largest absolute Gasteiger partial charge is 0.347 e. The number of hydrogen-bond acceptors (Lipinski definition) is 2. The van der Waals surface area contributed by atoms with Gasteiger partial charge in [-0.3, -0.25) is 0 Å². The minimum absolute atomic E-state index is 0.0804. The van der Waals surface area contributed by atoms with Gasteiger partial charge in [-0.25, -0.2) is 9.37 Å². The zero-order valence-electron chi connectivity index (χ0n) is 9.07. The number of aromatic nitrogens is 2. The summed E-state index contributed by atoms with van der Waals surface area (Å²) >= 11 is 0. The molecule has 1 aromatic carbocycles. The van der Waals surface area contributed by atoms with E-state index in [4.69, 9.17) is 0 Å². The van der Waals surface area contributed by atoms with Gasteiger partial charge in [-0.15, -0.1) is 0 Å². The minimum atomic E-state index is -0.202. The van der Waals surface area contributed by atoms with Crippen LogP contribution in [-0.2, 0) is 6.42 Å². The average Bonchev–Trinajstić information content (AvgIpc) is 2.79. The zero-order valence-corrected chi connectivity index (χ0v) is 9.07. The van der Waals surface area contributed by atoms with Crippen molar-refractivity contribution < 1.29 is 4.39 Å². The number of nitrogens with one attached hydrogen (secondary N) is 2. The van der Waals surface area contributed by atoms with E-state index in [9.17, 15) is 4.39 Å². The molecule has 1 unspecified atom stereocenters. The molecule has 1 atom stereocenters. The van der Waals surface area contributed by atoms with Crippen molar-refractivity contribution in [1.29, 1.82) is 0 Å². The minimum Gasteiger partial charge on any atom is -0.347 e. The van der Waals surface area contributed by atoms with Crippen LogP contribution in [0.2, 0.25) is 0 Å². The van der Waals surface area contributed by atoms with Crippen LogP contribution in [0.3, 0.4) is 0 Å². The third kappa shape index (κ3) is 2.46. The molecule has 0 aliphatic carbocycles. The second-order valence-electron chi connectivity index (χ2n) is 3.65. The van der Waals surface area contributed by atoms with Crippen molar-refractivity contribution in [2.24, 2.45) is 0 Å². The van der Waals surface area contributed by atoms with Gasteiger partial charge in [-0.1, -0.05) is 12.1 Å². The molecule has 0 amide bonds. The predicted octanol–water partition coefficient (Wildman–Crippen LogP) is 2.05. The highest BCUT2D eigenvalue weighted by Gasteiger charge is 2.12. The van der Waals surface area contributed by atoms with Gasteiger partial charge in [0.15, 0.2) is 0 Å². The van der Waals surface area contributed by atoms with Crippen molar-refractivity contribution in [3.05, 3.63) is 53.9 Å². The highest BCUT2D eigenvalue weighted by molar-refractivity contribution is 5.18. The second-order valence-corrected chi connectivity index (χ2v) is 3.65. The topological polar surface area (TPSA) is 40.7 Å². The maximum Gasteiger partial charge on any atom is 0.123 e. The molecule has 0 aliphatic heterocycles. The fourth-order valence-electron chi connectivity index (χ4n) is 1.70. The van der Waals surface area contributed by atoms with Crippen LogP contribution in [0.5, 0.6) is 0 Å². The van der Waals surface area contributed by atoms with Crippen LogP contribution < -0.4 is 5.32 Å². The first-order valence-corrected chi connectivity index (χ1v) is 5.20. The lowest BCUT2D eigenvalue weighted by Gasteiger charge is -2.13. The molecule has 0 saturated carbocycles. The average molecular weight is 219 g/mol. The lowest BCUT2D eigenvalue weighted by Crippen LogP contribution is -2.20. The van der Waals surface area contributed by atoms with Gasteiger partial charge >= 0.3 is 0 Å². The first kappa shape index (κ1) is 10.8. The smallest absolute Gasteiger partial charge is 0.123 e. The summed E-state index contributed by atoms with van der Waals surface area (Å²) in [7, 11) is 1.87. The zero-order chi connectivity index (χ0) is 11.4. The molecule has 16 heavy (non-hydrogen) atoms. The molecule has 2 aromatic rings. The van der Waals surface area contributed by atoms with E-state index in [1.165, 1.54) is 6.07 Å². The molecule has 0 saturated heterocycles. The maximum absolute atomic E-state index is 13.0. The summed E-state index contributed by atoms with van der Waals surface area (Å²) in [6.45, 7) is 0. The summed E-state index contributed by atoms with van der Waals surface area (Å²) in [6, 6.07) is 6.71. The Morgan fingerprint density at radius 2 is 2.38 bits per heavy atom. The summed E-state index contributed by atoms with van der Waals surface area (Å²) in [4.78, 5) is 7.25. The van der Waals surface area contributed by atoms with Gasteiger partial charge in [0.2, 0.25) is 0 Å². The third-order valence-corrected chi connectivity index (χ3v) is 2.53. The molecule has 2 rings (SSSR count). The first-order valence-electron chi connectivity index (χ1n) is 5.20. The van der Waals surface area contributed by atoms with Crippen molar-refractivity contribution in [2.75, 3.05) is 7.05 Å². The predicted molar refractivity (Wildman–Crippen MR) is 60.5 cm³/mol. The summed E-state index contributed by atoms with van der Waals surface area (Å²) < 4.78 is 13.0. The molecule has 84 valence electrons. The van der Waals surface area contributed by atoms with Gasteiger partial charge in [0.1, 0.15) is 11.6 Å². The quantitative estimate of drug-likeness (QED) is 0.826. The van der Waals surface area contributed by atoms with Gasteiger partial charge in [-0.2, -0.15) is 0 Å². The van der Waals surface area contributed by atoms with E-state index in [-0.39, 0.29) is 11.9 Å². The van der Waals surface area contributed by atoms with Gasteiger partial charge in [0.05, 0.1) is 6.04 Å². The number of likely N-dealkylation sites (N-methyl/N-ethyl adjacent to an activating group) is 1. The monoisotopic (exact) mass is 219 g/mol. The van der Waals surface area contributed by atoms with Crippen molar-refractivity contribution >= 4 is 0 Å². The Labute approximate surface area is 93.7 Å². The molecule has 0 radical (unpaired) electrons. The number of hydrogen-bond donors (Lipinski definition) is 2. The van der Waals surface area contributed by atoms with E-state index in [0.717, 1.165) is 11.4 Å². The Kier molecular flexibility index (Phi) is 3.31. The number of benzene rings is 1. The normalized spacial score (nSPS) is 12.6. The van der Waals surface area contributed by atoms with Crippen LogP contribution in [0.1, 0.15) is 17.4 Å². The number of halogens is 1. The molecule has 1 aromatic heterocycles. The van der Waals surface area contributed by atoms with Crippen molar-refractivity contribution in [3.63, 3.8) is 0 Å². The van der Waals surface area contributed by atoms with E-state index < -0.39 is 0 Å².